The van der Waals surface area contributed by atoms with Crippen LogP contribution in [0.2, 0.25) is 5.02 Å². The van der Waals surface area contributed by atoms with Crippen LogP contribution in [0.4, 0.5) is 4.39 Å². The Kier molecular flexibility index (Phi) is 8.17. The zero-order valence-electron chi connectivity index (χ0n) is 20.8. The maximum Gasteiger partial charge on any atom is 0.262 e. The first kappa shape index (κ1) is 25.8. The summed E-state index contributed by atoms with van der Waals surface area (Å²) >= 11 is 6.44. The number of ether oxygens (including phenoxy) is 1. The number of halogens is 2. The van der Waals surface area contributed by atoms with Crippen LogP contribution in [0, 0.1) is 11.7 Å². The Bertz CT molecular complexity index is 1150. The van der Waals surface area contributed by atoms with Gasteiger partial charge in [-0.1, -0.05) is 48.4 Å². The lowest BCUT2D eigenvalue weighted by molar-refractivity contribution is -0.145. The first-order valence-corrected chi connectivity index (χ1v) is 13.4. The van der Waals surface area contributed by atoms with Crippen LogP contribution < -0.4 is 0 Å². The Balaban J connectivity index is 1.37. The monoisotopic (exact) mass is 526 g/mol. The molecule has 7 nitrogen and oxygen atoms in total. The molecule has 3 aliphatic rings. The molecule has 0 bridgehead atoms. The summed E-state index contributed by atoms with van der Waals surface area (Å²) in [7, 11) is 0. The van der Waals surface area contributed by atoms with Gasteiger partial charge in [0.25, 0.3) is 5.91 Å². The van der Waals surface area contributed by atoms with Crippen LogP contribution in [0.25, 0.3) is 0 Å². The number of carbonyl (C=O) groups is 2. The zero-order valence-corrected chi connectivity index (χ0v) is 21.6. The molecule has 1 aliphatic carbocycles. The van der Waals surface area contributed by atoms with Gasteiger partial charge in [0.15, 0.2) is 0 Å². The summed E-state index contributed by atoms with van der Waals surface area (Å²) in [4.78, 5) is 31.0. The number of rotatable bonds is 8. The van der Waals surface area contributed by atoms with Crippen molar-refractivity contribution in [2.45, 2.75) is 31.7 Å². The quantitative estimate of drug-likeness (QED) is 0.519. The Morgan fingerprint density at radius 3 is 2.49 bits per heavy atom. The zero-order chi connectivity index (χ0) is 25.8. The van der Waals surface area contributed by atoms with Gasteiger partial charge >= 0.3 is 0 Å². The van der Waals surface area contributed by atoms with Crippen molar-refractivity contribution in [1.29, 1.82) is 0 Å². The molecule has 5 rings (SSSR count). The van der Waals surface area contributed by atoms with Crippen molar-refractivity contribution in [2.75, 3.05) is 45.9 Å². The Labute approximate surface area is 221 Å². The third-order valence-corrected chi connectivity index (χ3v) is 7.82. The molecule has 2 aromatic rings. The molecule has 196 valence electrons. The number of hydrazone groups is 1. The molecule has 0 spiro atoms. The van der Waals surface area contributed by atoms with E-state index in [2.05, 4.69) is 4.90 Å². The van der Waals surface area contributed by atoms with Gasteiger partial charge in [0, 0.05) is 49.1 Å². The average Bonchev–Trinajstić information content (AvgIpc) is 3.32. The molecule has 0 aromatic heterocycles. The number of hydrogen-bond donors (Lipinski definition) is 0. The van der Waals surface area contributed by atoms with Crippen LogP contribution >= 0.6 is 11.6 Å². The summed E-state index contributed by atoms with van der Waals surface area (Å²) in [6, 6.07) is 13.1. The molecular formula is C28H32ClFN4O3. The number of amides is 2. The van der Waals surface area contributed by atoms with E-state index in [-0.39, 0.29) is 30.1 Å². The molecule has 0 N–H and O–H groups in total. The summed E-state index contributed by atoms with van der Waals surface area (Å²) in [5, 5.41) is 6.71. The van der Waals surface area contributed by atoms with Crippen molar-refractivity contribution < 1.29 is 18.7 Å². The highest BCUT2D eigenvalue weighted by atomic mass is 35.5. The van der Waals surface area contributed by atoms with Gasteiger partial charge in [0.2, 0.25) is 5.91 Å². The minimum atomic E-state index is -0.403. The molecule has 2 fully saturated rings. The number of benzene rings is 2. The fraction of sp³-hybridized carbons (Fsp3) is 0.464. The van der Waals surface area contributed by atoms with Crippen LogP contribution in [0.5, 0.6) is 0 Å². The minimum absolute atomic E-state index is 0.00819. The number of morpholine rings is 1. The van der Waals surface area contributed by atoms with E-state index in [4.69, 9.17) is 21.4 Å². The van der Waals surface area contributed by atoms with Gasteiger partial charge in [0.05, 0.1) is 25.0 Å². The fourth-order valence-corrected chi connectivity index (χ4v) is 5.29. The molecule has 1 saturated carbocycles. The van der Waals surface area contributed by atoms with E-state index in [1.807, 2.05) is 18.2 Å². The normalized spacial score (nSPS) is 20.4. The molecule has 0 radical (unpaired) electrons. The number of hydrogen-bond acceptors (Lipinski definition) is 5. The highest BCUT2D eigenvalue weighted by Crippen LogP contribution is 2.35. The molecular weight excluding hydrogens is 495 g/mol. The fourth-order valence-electron chi connectivity index (χ4n) is 5.05. The number of nitrogens with zero attached hydrogens (tertiary/aromatic N) is 4. The van der Waals surface area contributed by atoms with Crippen molar-refractivity contribution >= 4 is 29.1 Å². The SMILES string of the molecule is O=C(C1CCC1)N(CCN1CCOCC1)CC(=O)N1N=C(c2ccccc2Cl)CC1c1ccc(F)cc1. The van der Waals surface area contributed by atoms with E-state index in [9.17, 15) is 14.0 Å². The largest absolute Gasteiger partial charge is 0.379 e. The summed E-state index contributed by atoms with van der Waals surface area (Å²) in [6.45, 7) is 4.15. The molecule has 1 atom stereocenters. The molecule has 37 heavy (non-hydrogen) atoms. The van der Waals surface area contributed by atoms with E-state index >= 15 is 0 Å². The van der Waals surface area contributed by atoms with Crippen LogP contribution in [0.15, 0.2) is 53.6 Å². The van der Waals surface area contributed by atoms with Gasteiger partial charge in [-0.05, 0) is 36.6 Å². The van der Waals surface area contributed by atoms with Crippen molar-refractivity contribution in [1.82, 2.24) is 14.8 Å². The van der Waals surface area contributed by atoms with Crippen LogP contribution in [0.1, 0.15) is 42.9 Å². The Morgan fingerprint density at radius 1 is 1.08 bits per heavy atom. The van der Waals surface area contributed by atoms with E-state index in [0.29, 0.717) is 43.5 Å². The summed E-state index contributed by atoms with van der Waals surface area (Å²) in [5.41, 5.74) is 2.24. The lowest BCUT2D eigenvalue weighted by atomic mass is 9.84. The van der Waals surface area contributed by atoms with Gasteiger partial charge in [-0.25, -0.2) is 9.40 Å². The van der Waals surface area contributed by atoms with E-state index in [0.717, 1.165) is 43.5 Å². The van der Waals surface area contributed by atoms with Crippen molar-refractivity contribution in [3.63, 3.8) is 0 Å². The molecule has 2 aromatic carbocycles. The van der Waals surface area contributed by atoms with E-state index in [1.165, 1.54) is 17.1 Å². The topological polar surface area (TPSA) is 65.5 Å². The number of carbonyl (C=O) groups excluding carboxylic acids is 2. The second-order valence-electron chi connectivity index (χ2n) is 9.88. The summed E-state index contributed by atoms with van der Waals surface area (Å²) in [6.07, 6.45) is 3.24. The summed E-state index contributed by atoms with van der Waals surface area (Å²) in [5.74, 6) is -0.565. The third-order valence-electron chi connectivity index (χ3n) is 7.49. The first-order valence-electron chi connectivity index (χ1n) is 13.0. The lowest BCUT2D eigenvalue weighted by Crippen LogP contribution is -2.49. The lowest BCUT2D eigenvalue weighted by Gasteiger charge is -2.34. The van der Waals surface area contributed by atoms with Crippen LogP contribution in [-0.2, 0) is 14.3 Å². The maximum absolute atomic E-state index is 13.7. The van der Waals surface area contributed by atoms with Crippen molar-refractivity contribution in [3.8, 4) is 0 Å². The molecule has 2 heterocycles. The molecule has 2 amide bonds. The standard InChI is InChI=1S/C28H32ClFN4O3/c29-24-7-2-1-6-23(24)25-18-26(20-8-10-22(30)11-9-20)34(31-25)27(35)19-33(28(36)21-4-3-5-21)13-12-32-14-16-37-17-15-32/h1-2,6-11,21,26H,3-5,12-19H2. The van der Waals surface area contributed by atoms with Gasteiger partial charge in [-0.15, -0.1) is 0 Å². The van der Waals surface area contributed by atoms with Crippen LogP contribution in [-0.4, -0.2) is 78.3 Å². The van der Waals surface area contributed by atoms with Gasteiger partial charge in [0.1, 0.15) is 12.4 Å². The minimum Gasteiger partial charge on any atom is -0.379 e. The average molecular weight is 527 g/mol. The summed E-state index contributed by atoms with van der Waals surface area (Å²) < 4.78 is 19.1. The highest BCUT2D eigenvalue weighted by molar-refractivity contribution is 6.34. The van der Waals surface area contributed by atoms with E-state index in [1.54, 1.807) is 23.1 Å². The molecule has 1 unspecified atom stereocenters. The molecule has 1 saturated heterocycles. The predicted octanol–water partition coefficient (Wildman–Crippen LogP) is 4.12. The van der Waals surface area contributed by atoms with Crippen molar-refractivity contribution in [2.24, 2.45) is 11.0 Å². The second-order valence-corrected chi connectivity index (χ2v) is 10.3. The smallest absolute Gasteiger partial charge is 0.262 e. The molecule has 2 aliphatic heterocycles. The maximum atomic E-state index is 13.7. The Morgan fingerprint density at radius 2 is 1.81 bits per heavy atom. The van der Waals surface area contributed by atoms with Crippen molar-refractivity contribution in [3.05, 3.63) is 70.5 Å². The van der Waals surface area contributed by atoms with Gasteiger partial charge in [-0.2, -0.15) is 5.10 Å². The second kappa shape index (κ2) is 11.7. The van der Waals surface area contributed by atoms with E-state index < -0.39 is 6.04 Å². The van der Waals surface area contributed by atoms with Gasteiger partial charge in [-0.3, -0.25) is 14.5 Å². The predicted molar refractivity (Wildman–Crippen MR) is 140 cm³/mol. The highest BCUT2D eigenvalue weighted by Gasteiger charge is 2.36. The first-order chi connectivity index (χ1) is 18.0. The van der Waals surface area contributed by atoms with Gasteiger partial charge < -0.3 is 9.64 Å². The third kappa shape index (κ3) is 6.03. The Hall–Kier alpha value is -2.81. The van der Waals surface area contributed by atoms with Crippen LogP contribution in [0.3, 0.4) is 0 Å². The molecule has 9 heteroatoms.